The highest BCUT2D eigenvalue weighted by atomic mass is 32.2. The Morgan fingerprint density at radius 2 is 2.05 bits per heavy atom. The Balaban J connectivity index is 2.42. The van der Waals surface area contributed by atoms with Gasteiger partial charge in [-0.3, -0.25) is 14.1 Å². The molecule has 19 heavy (non-hydrogen) atoms. The van der Waals surface area contributed by atoms with Crippen molar-refractivity contribution in [3.8, 4) is 0 Å². The van der Waals surface area contributed by atoms with Gasteiger partial charge in [0.1, 0.15) is 0 Å². The van der Waals surface area contributed by atoms with E-state index >= 15 is 0 Å². The molecule has 0 aliphatic heterocycles. The average molecular weight is 283 g/mol. The van der Waals surface area contributed by atoms with Gasteiger partial charge >= 0.3 is 0 Å². The summed E-state index contributed by atoms with van der Waals surface area (Å²) in [5, 5.41) is 8.27. The van der Waals surface area contributed by atoms with Crippen LogP contribution in [0.15, 0.2) is 17.3 Å². The van der Waals surface area contributed by atoms with Gasteiger partial charge < -0.3 is 0 Å². The van der Waals surface area contributed by atoms with Crippen LogP contribution in [0.25, 0.3) is 0 Å². The minimum Gasteiger partial charge on any atom is -0.275 e. The second-order valence-corrected chi connectivity index (χ2v) is 5.89. The predicted molar refractivity (Wildman–Crippen MR) is 71.4 cm³/mol. The Morgan fingerprint density at radius 3 is 2.53 bits per heavy atom. The number of sulfonamides is 1. The first-order valence-electron chi connectivity index (χ1n) is 5.91. The molecular formula is C11H17N5O2S. The van der Waals surface area contributed by atoms with Crippen molar-refractivity contribution in [2.24, 2.45) is 7.05 Å². The number of aryl methyl sites for hydroxylation is 3. The van der Waals surface area contributed by atoms with Gasteiger partial charge in [0.15, 0.2) is 5.03 Å². The van der Waals surface area contributed by atoms with Crippen molar-refractivity contribution in [3.63, 3.8) is 0 Å². The van der Waals surface area contributed by atoms with Crippen molar-refractivity contribution in [3.05, 3.63) is 23.7 Å². The van der Waals surface area contributed by atoms with E-state index in [1.54, 1.807) is 18.7 Å². The fourth-order valence-electron chi connectivity index (χ4n) is 1.96. The molecule has 0 aromatic carbocycles. The van der Waals surface area contributed by atoms with Crippen molar-refractivity contribution in [1.82, 2.24) is 19.6 Å². The molecule has 0 saturated heterocycles. The number of nitrogens with zero attached hydrogens (tertiary/aromatic N) is 4. The third kappa shape index (κ3) is 2.35. The Bertz CT molecular complexity index is 699. The molecule has 2 aromatic rings. The van der Waals surface area contributed by atoms with Crippen LogP contribution in [0.3, 0.4) is 0 Å². The highest BCUT2D eigenvalue weighted by molar-refractivity contribution is 7.92. The fourth-order valence-corrected chi connectivity index (χ4v) is 3.27. The van der Waals surface area contributed by atoms with Crippen LogP contribution in [0, 0.1) is 13.8 Å². The molecule has 0 radical (unpaired) electrons. The lowest BCUT2D eigenvalue weighted by atomic mass is 10.3. The summed E-state index contributed by atoms with van der Waals surface area (Å²) >= 11 is 0. The number of hydrogen-bond donors (Lipinski definition) is 1. The molecule has 0 bridgehead atoms. The minimum absolute atomic E-state index is 0.121. The first kappa shape index (κ1) is 13.6. The van der Waals surface area contributed by atoms with Crippen molar-refractivity contribution < 1.29 is 8.42 Å². The zero-order valence-electron chi connectivity index (χ0n) is 11.4. The van der Waals surface area contributed by atoms with Gasteiger partial charge in [0.25, 0.3) is 10.0 Å². The van der Waals surface area contributed by atoms with E-state index in [0.717, 1.165) is 5.69 Å². The summed E-state index contributed by atoms with van der Waals surface area (Å²) in [5.41, 5.74) is 1.99. The number of rotatable bonds is 4. The molecule has 2 aromatic heterocycles. The zero-order chi connectivity index (χ0) is 14.2. The van der Waals surface area contributed by atoms with Crippen molar-refractivity contribution in [1.29, 1.82) is 0 Å². The monoisotopic (exact) mass is 283 g/mol. The van der Waals surface area contributed by atoms with E-state index in [1.165, 1.54) is 16.9 Å². The summed E-state index contributed by atoms with van der Waals surface area (Å²) < 4.78 is 30.2. The lowest BCUT2D eigenvalue weighted by molar-refractivity contribution is 0.582. The molecule has 0 spiro atoms. The summed E-state index contributed by atoms with van der Waals surface area (Å²) in [5.74, 6) is 0. The molecule has 0 saturated carbocycles. The van der Waals surface area contributed by atoms with Crippen LogP contribution in [0.4, 0.5) is 5.69 Å². The van der Waals surface area contributed by atoms with E-state index in [4.69, 9.17) is 0 Å². The first-order chi connectivity index (χ1) is 8.86. The van der Waals surface area contributed by atoms with Gasteiger partial charge in [-0.2, -0.15) is 18.6 Å². The SMILES string of the molecule is CCn1nc(C)c(NS(=O)(=O)c2ccnn2C)c1C. The van der Waals surface area contributed by atoms with Crippen LogP contribution >= 0.6 is 0 Å². The van der Waals surface area contributed by atoms with Gasteiger partial charge in [-0.05, 0) is 26.8 Å². The van der Waals surface area contributed by atoms with E-state index < -0.39 is 10.0 Å². The molecule has 2 heterocycles. The molecule has 104 valence electrons. The van der Waals surface area contributed by atoms with E-state index in [0.29, 0.717) is 17.9 Å². The maximum atomic E-state index is 12.3. The smallest absolute Gasteiger partial charge is 0.275 e. The first-order valence-corrected chi connectivity index (χ1v) is 7.40. The van der Waals surface area contributed by atoms with Crippen LogP contribution in [0.5, 0.6) is 0 Å². The second-order valence-electron chi connectivity index (χ2n) is 4.26. The summed E-state index contributed by atoms with van der Waals surface area (Å²) in [6.07, 6.45) is 1.45. The third-order valence-electron chi connectivity index (χ3n) is 2.97. The average Bonchev–Trinajstić information content (AvgIpc) is 2.88. The van der Waals surface area contributed by atoms with Crippen LogP contribution in [0.1, 0.15) is 18.3 Å². The van der Waals surface area contributed by atoms with Crippen LogP contribution in [-0.4, -0.2) is 28.0 Å². The Hall–Kier alpha value is -1.83. The summed E-state index contributed by atoms with van der Waals surface area (Å²) in [6, 6.07) is 1.46. The summed E-state index contributed by atoms with van der Waals surface area (Å²) in [4.78, 5) is 0. The number of aromatic nitrogens is 4. The van der Waals surface area contributed by atoms with Crippen molar-refractivity contribution >= 4 is 15.7 Å². The lowest BCUT2D eigenvalue weighted by Crippen LogP contribution is -2.17. The molecule has 0 unspecified atom stereocenters. The maximum absolute atomic E-state index is 12.3. The van der Waals surface area contributed by atoms with Crippen molar-refractivity contribution in [2.45, 2.75) is 32.3 Å². The van der Waals surface area contributed by atoms with E-state index in [9.17, 15) is 8.42 Å². The molecule has 7 nitrogen and oxygen atoms in total. The van der Waals surface area contributed by atoms with Crippen LogP contribution in [-0.2, 0) is 23.6 Å². The number of hydrogen-bond acceptors (Lipinski definition) is 4. The number of anilines is 1. The minimum atomic E-state index is -3.64. The van der Waals surface area contributed by atoms with Gasteiger partial charge in [0.2, 0.25) is 0 Å². The maximum Gasteiger partial charge on any atom is 0.279 e. The topological polar surface area (TPSA) is 81.8 Å². The van der Waals surface area contributed by atoms with Gasteiger partial charge in [-0.1, -0.05) is 0 Å². The fraction of sp³-hybridized carbons (Fsp3) is 0.455. The Labute approximate surface area is 112 Å². The number of nitrogens with one attached hydrogen (secondary N) is 1. The standard InChI is InChI=1S/C11H17N5O2S/c1-5-16-9(3)11(8(2)13-16)14-19(17,18)10-6-7-12-15(10)4/h6-7,14H,5H2,1-4H3. The van der Waals surface area contributed by atoms with Gasteiger partial charge in [0.05, 0.1) is 23.3 Å². The Morgan fingerprint density at radius 1 is 1.37 bits per heavy atom. The molecule has 0 aliphatic carbocycles. The molecule has 2 rings (SSSR count). The van der Waals surface area contributed by atoms with E-state index in [2.05, 4.69) is 14.9 Å². The van der Waals surface area contributed by atoms with E-state index in [1.807, 2.05) is 13.8 Å². The molecule has 8 heteroatoms. The Kier molecular flexibility index (Phi) is 3.36. The van der Waals surface area contributed by atoms with Crippen LogP contribution in [0.2, 0.25) is 0 Å². The molecule has 0 aliphatic rings. The molecule has 0 amide bonds. The van der Waals surface area contributed by atoms with E-state index in [-0.39, 0.29) is 5.03 Å². The van der Waals surface area contributed by atoms with Gasteiger partial charge in [-0.25, -0.2) is 0 Å². The third-order valence-corrected chi connectivity index (χ3v) is 4.39. The second kappa shape index (κ2) is 4.69. The van der Waals surface area contributed by atoms with Gasteiger partial charge in [-0.15, -0.1) is 0 Å². The summed E-state index contributed by atoms with van der Waals surface area (Å²) in [6.45, 7) is 6.27. The molecular weight excluding hydrogens is 266 g/mol. The zero-order valence-corrected chi connectivity index (χ0v) is 12.2. The molecule has 1 N–H and O–H groups in total. The highest BCUT2D eigenvalue weighted by Crippen LogP contribution is 2.22. The largest absolute Gasteiger partial charge is 0.279 e. The summed E-state index contributed by atoms with van der Waals surface area (Å²) in [7, 11) is -2.06. The predicted octanol–water partition coefficient (Wildman–Crippen LogP) is 1.05. The highest BCUT2D eigenvalue weighted by Gasteiger charge is 2.22. The van der Waals surface area contributed by atoms with Crippen molar-refractivity contribution in [2.75, 3.05) is 4.72 Å². The van der Waals surface area contributed by atoms with Crippen LogP contribution < -0.4 is 4.72 Å². The van der Waals surface area contributed by atoms with Gasteiger partial charge in [0, 0.05) is 13.6 Å². The lowest BCUT2D eigenvalue weighted by Gasteiger charge is -2.08. The normalized spacial score (nSPS) is 11.8. The molecule has 0 fully saturated rings. The molecule has 0 atom stereocenters. The quantitative estimate of drug-likeness (QED) is 0.909.